The summed E-state index contributed by atoms with van der Waals surface area (Å²) in [4.78, 5) is 4.67. The van der Waals surface area contributed by atoms with E-state index in [0.29, 0.717) is 0 Å². The van der Waals surface area contributed by atoms with Crippen LogP contribution in [0.15, 0.2) is 22.6 Å². The molecule has 1 aromatic carbocycles. The molecule has 1 aromatic heterocycles. The van der Waals surface area contributed by atoms with E-state index in [2.05, 4.69) is 24.9 Å². The minimum Gasteiger partial charge on any atom is -0.440 e. The maximum absolute atomic E-state index is 6.21. The van der Waals surface area contributed by atoms with Crippen LogP contribution in [0.3, 0.4) is 0 Å². The highest BCUT2D eigenvalue weighted by Gasteiger charge is 2.42. The fourth-order valence-electron chi connectivity index (χ4n) is 2.79. The van der Waals surface area contributed by atoms with Crippen LogP contribution in [0, 0.1) is 6.92 Å². The molecule has 1 heterocycles. The number of para-hydroxylation sites is 1. The van der Waals surface area contributed by atoms with Gasteiger partial charge in [-0.05, 0) is 38.3 Å². The smallest absolute Gasteiger partial charge is 0.202 e. The van der Waals surface area contributed by atoms with Gasteiger partial charge in [-0.1, -0.05) is 18.6 Å². The highest BCUT2D eigenvalue weighted by Crippen LogP contribution is 2.40. The van der Waals surface area contributed by atoms with Crippen molar-refractivity contribution in [1.82, 2.24) is 4.98 Å². The Balaban J connectivity index is 2.15. The molecular formula is C14H18N2O. The number of hydrogen-bond donors (Lipinski definition) is 1. The van der Waals surface area contributed by atoms with E-state index in [1.54, 1.807) is 0 Å². The van der Waals surface area contributed by atoms with E-state index < -0.39 is 0 Å². The van der Waals surface area contributed by atoms with Gasteiger partial charge in [0.2, 0.25) is 5.89 Å². The van der Waals surface area contributed by atoms with Crippen LogP contribution in [0.2, 0.25) is 0 Å². The van der Waals surface area contributed by atoms with E-state index in [9.17, 15) is 0 Å². The monoisotopic (exact) mass is 230 g/mol. The first-order chi connectivity index (χ1) is 8.11. The van der Waals surface area contributed by atoms with Crippen molar-refractivity contribution < 1.29 is 4.42 Å². The van der Waals surface area contributed by atoms with Crippen molar-refractivity contribution >= 4 is 11.1 Å². The van der Waals surface area contributed by atoms with Crippen LogP contribution in [0.1, 0.15) is 37.6 Å². The van der Waals surface area contributed by atoms with E-state index >= 15 is 0 Å². The molecule has 1 aliphatic carbocycles. The highest BCUT2D eigenvalue weighted by molar-refractivity contribution is 5.76. The molecule has 90 valence electrons. The van der Waals surface area contributed by atoms with Crippen LogP contribution in [0.25, 0.3) is 11.1 Å². The zero-order valence-electron chi connectivity index (χ0n) is 10.4. The van der Waals surface area contributed by atoms with Gasteiger partial charge >= 0.3 is 0 Å². The summed E-state index contributed by atoms with van der Waals surface area (Å²) < 4.78 is 5.92. The predicted octanol–water partition coefficient (Wildman–Crippen LogP) is 2.91. The lowest BCUT2D eigenvalue weighted by atomic mass is 9.85. The molecule has 2 aromatic rings. The van der Waals surface area contributed by atoms with Gasteiger partial charge in [0.15, 0.2) is 5.58 Å². The Labute approximate surface area is 101 Å². The topological polar surface area (TPSA) is 52.0 Å². The molecular weight excluding hydrogens is 212 g/mol. The first kappa shape index (κ1) is 10.8. The van der Waals surface area contributed by atoms with Gasteiger partial charge in [0, 0.05) is 6.04 Å². The average molecular weight is 230 g/mol. The first-order valence-corrected chi connectivity index (χ1v) is 6.23. The van der Waals surface area contributed by atoms with Crippen LogP contribution < -0.4 is 5.73 Å². The van der Waals surface area contributed by atoms with Gasteiger partial charge in [0.25, 0.3) is 0 Å². The second kappa shape index (κ2) is 3.57. The molecule has 1 saturated carbocycles. The summed E-state index contributed by atoms with van der Waals surface area (Å²) >= 11 is 0. The van der Waals surface area contributed by atoms with Gasteiger partial charge < -0.3 is 10.2 Å². The number of aryl methyl sites for hydroxylation is 1. The number of fused-ring (bicyclic) bond motifs is 1. The Kier molecular flexibility index (Phi) is 2.26. The van der Waals surface area contributed by atoms with E-state index in [0.717, 1.165) is 41.8 Å². The van der Waals surface area contributed by atoms with Crippen molar-refractivity contribution in [3.8, 4) is 0 Å². The van der Waals surface area contributed by atoms with Crippen LogP contribution in [0.5, 0.6) is 0 Å². The van der Waals surface area contributed by atoms with E-state index in [4.69, 9.17) is 10.2 Å². The molecule has 0 bridgehead atoms. The second-order valence-electron chi connectivity index (χ2n) is 5.36. The SMILES string of the molecule is Cc1cccc2oc(C3(C)CCCC3N)nc12. The first-order valence-electron chi connectivity index (χ1n) is 6.23. The molecule has 2 atom stereocenters. The Hall–Kier alpha value is -1.35. The third kappa shape index (κ3) is 1.49. The summed E-state index contributed by atoms with van der Waals surface area (Å²) in [7, 11) is 0. The summed E-state index contributed by atoms with van der Waals surface area (Å²) in [6.45, 7) is 4.23. The van der Waals surface area contributed by atoms with E-state index in [1.165, 1.54) is 0 Å². The Morgan fingerprint density at radius 3 is 2.94 bits per heavy atom. The van der Waals surface area contributed by atoms with Crippen molar-refractivity contribution in [1.29, 1.82) is 0 Å². The van der Waals surface area contributed by atoms with Gasteiger partial charge in [0.05, 0.1) is 5.41 Å². The van der Waals surface area contributed by atoms with E-state index in [1.807, 2.05) is 12.1 Å². The van der Waals surface area contributed by atoms with Crippen molar-refractivity contribution in [2.45, 2.75) is 44.6 Å². The van der Waals surface area contributed by atoms with Crippen LogP contribution in [-0.4, -0.2) is 11.0 Å². The minimum atomic E-state index is -0.0918. The molecule has 1 fully saturated rings. The molecule has 0 saturated heterocycles. The van der Waals surface area contributed by atoms with Crippen LogP contribution >= 0.6 is 0 Å². The zero-order valence-corrected chi connectivity index (χ0v) is 10.4. The van der Waals surface area contributed by atoms with Gasteiger partial charge in [-0.25, -0.2) is 4.98 Å². The molecule has 2 N–H and O–H groups in total. The largest absolute Gasteiger partial charge is 0.440 e. The Bertz CT molecular complexity index is 560. The van der Waals surface area contributed by atoms with Crippen molar-refractivity contribution in [3.05, 3.63) is 29.7 Å². The maximum atomic E-state index is 6.21. The number of rotatable bonds is 1. The molecule has 0 radical (unpaired) electrons. The molecule has 17 heavy (non-hydrogen) atoms. The number of aromatic nitrogens is 1. The molecule has 0 aliphatic heterocycles. The summed E-state index contributed by atoms with van der Waals surface area (Å²) in [5.41, 5.74) is 9.12. The van der Waals surface area contributed by atoms with Gasteiger partial charge in [-0.3, -0.25) is 0 Å². The quantitative estimate of drug-likeness (QED) is 0.819. The molecule has 2 unspecified atom stereocenters. The third-order valence-corrected chi connectivity index (χ3v) is 4.14. The standard InChI is InChI=1S/C14H18N2O/c1-9-5-3-6-10-12(9)16-13(17-10)14(2)8-4-7-11(14)15/h3,5-6,11H,4,7-8,15H2,1-2H3. The van der Waals surface area contributed by atoms with Crippen molar-refractivity contribution in [3.63, 3.8) is 0 Å². The molecule has 3 rings (SSSR count). The number of nitrogens with two attached hydrogens (primary N) is 1. The summed E-state index contributed by atoms with van der Waals surface area (Å²) in [6, 6.07) is 6.20. The lowest BCUT2D eigenvalue weighted by Gasteiger charge is -2.24. The number of oxazole rings is 1. The van der Waals surface area contributed by atoms with Gasteiger partial charge in [-0.15, -0.1) is 0 Å². The van der Waals surface area contributed by atoms with Crippen LogP contribution in [0.4, 0.5) is 0 Å². The normalized spacial score (nSPS) is 29.0. The van der Waals surface area contributed by atoms with Gasteiger partial charge in [0.1, 0.15) is 5.52 Å². The fraction of sp³-hybridized carbons (Fsp3) is 0.500. The maximum Gasteiger partial charge on any atom is 0.202 e. The molecule has 0 amide bonds. The number of hydrogen-bond acceptors (Lipinski definition) is 3. The van der Waals surface area contributed by atoms with E-state index in [-0.39, 0.29) is 11.5 Å². The van der Waals surface area contributed by atoms with Gasteiger partial charge in [-0.2, -0.15) is 0 Å². The fourth-order valence-corrected chi connectivity index (χ4v) is 2.79. The summed E-state index contributed by atoms with van der Waals surface area (Å²) in [6.07, 6.45) is 3.30. The molecule has 3 nitrogen and oxygen atoms in total. The minimum absolute atomic E-state index is 0.0918. The Morgan fingerprint density at radius 2 is 2.29 bits per heavy atom. The Morgan fingerprint density at radius 1 is 1.47 bits per heavy atom. The third-order valence-electron chi connectivity index (χ3n) is 4.14. The lowest BCUT2D eigenvalue weighted by molar-refractivity contribution is 0.332. The molecule has 1 aliphatic rings. The average Bonchev–Trinajstić information content (AvgIpc) is 2.86. The predicted molar refractivity (Wildman–Crippen MR) is 67.9 cm³/mol. The number of nitrogens with zero attached hydrogens (tertiary/aromatic N) is 1. The summed E-state index contributed by atoms with van der Waals surface area (Å²) in [5, 5.41) is 0. The highest BCUT2D eigenvalue weighted by atomic mass is 16.3. The second-order valence-corrected chi connectivity index (χ2v) is 5.36. The van der Waals surface area contributed by atoms with Crippen molar-refractivity contribution in [2.75, 3.05) is 0 Å². The molecule has 3 heteroatoms. The van der Waals surface area contributed by atoms with Crippen LogP contribution in [-0.2, 0) is 5.41 Å². The van der Waals surface area contributed by atoms with Crippen molar-refractivity contribution in [2.24, 2.45) is 5.73 Å². The molecule has 0 spiro atoms. The lowest BCUT2D eigenvalue weighted by Crippen LogP contribution is -2.38. The zero-order chi connectivity index (χ0) is 12.0. The summed E-state index contributed by atoms with van der Waals surface area (Å²) in [5.74, 6) is 0.812. The number of benzene rings is 1.